The van der Waals surface area contributed by atoms with E-state index in [-0.39, 0.29) is 0 Å². The van der Waals surface area contributed by atoms with E-state index in [1.165, 1.54) is 0 Å². The predicted octanol–water partition coefficient (Wildman–Crippen LogP) is 2.13. The molecule has 4 nitrogen and oxygen atoms in total. The highest BCUT2D eigenvalue weighted by Gasteiger charge is 2.23. The molecule has 0 aliphatic carbocycles. The third kappa shape index (κ3) is 3.28. The van der Waals surface area contributed by atoms with Crippen molar-refractivity contribution >= 4 is 27.5 Å². The first-order valence-electron chi connectivity index (χ1n) is 6.70. The van der Waals surface area contributed by atoms with Gasteiger partial charge in [0.15, 0.2) is 0 Å². The van der Waals surface area contributed by atoms with Gasteiger partial charge in [-0.1, -0.05) is 6.92 Å². The van der Waals surface area contributed by atoms with Gasteiger partial charge < -0.3 is 16.0 Å². The van der Waals surface area contributed by atoms with E-state index in [4.69, 9.17) is 5.73 Å². The summed E-state index contributed by atoms with van der Waals surface area (Å²) in [5.41, 5.74) is 6.98. The van der Waals surface area contributed by atoms with Gasteiger partial charge >= 0.3 is 0 Å². The topological polar surface area (TPSA) is 58.4 Å². The van der Waals surface area contributed by atoms with Crippen LogP contribution in [0.1, 0.15) is 30.1 Å². The minimum Gasteiger partial charge on any atom is -0.366 e. The average molecular weight is 326 g/mol. The maximum absolute atomic E-state index is 11.2. The fraction of sp³-hybridized carbons (Fsp3) is 0.500. The molecule has 0 saturated carbocycles. The quantitative estimate of drug-likeness (QED) is 0.871. The van der Waals surface area contributed by atoms with Gasteiger partial charge in [-0.15, -0.1) is 0 Å². The number of nitrogens with zero attached hydrogens (tertiary/aromatic N) is 1. The molecule has 1 heterocycles. The van der Waals surface area contributed by atoms with Crippen LogP contribution in [0.3, 0.4) is 0 Å². The SMILES string of the molecule is CCCN(c1ccc(C(N)=O)cc1Br)C1CCNC1. The third-order valence-corrected chi connectivity index (χ3v) is 4.12. The van der Waals surface area contributed by atoms with E-state index < -0.39 is 5.91 Å². The highest BCUT2D eigenvalue weighted by molar-refractivity contribution is 9.10. The molecule has 104 valence electrons. The predicted molar refractivity (Wildman–Crippen MR) is 81.6 cm³/mol. The summed E-state index contributed by atoms with van der Waals surface area (Å²) in [5, 5.41) is 3.40. The number of rotatable bonds is 5. The summed E-state index contributed by atoms with van der Waals surface area (Å²) in [6, 6.07) is 6.12. The number of anilines is 1. The summed E-state index contributed by atoms with van der Waals surface area (Å²) >= 11 is 3.56. The van der Waals surface area contributed by atoms with Gasteiger partial charge in [0, 0.05) is 29.2 Å². The number of halogens is 1. The molecule has 1 fully saturated rings. The van der Waals surface area contributed by atoms with E-state index in [0.29, 0.717) is 11.6 Å². The van der Waals surface area contributed by atoms with Crippen LogP contribution in [-0.4, -0.2) is 31.6 Å². The molecule has 2 rings (SSSR count). The normalized spacial score (nSPS) is 18.5. The number of benzene rings is 1. The number of carbonyl (C=O) groups is 1. The average Bonchev–Trinajstić information content (AvgIpc) is 2.90. The second-order valence-corrected chi connectivity index (χ2v) is 5.72. The highest BCUT2D eigenvalue weighted by Crippen LogP contribution is 2.30. The molecule has 19 heavy (non-hydrogen) atoms. The monoisotopic (exact) mass is 325 g/mol. The Labute approximate surface area is 122 Å². The number of primary amides is 1. The molecule has 1 aromatic rings. The lowest BCUT2D eigenvalue weighted by molar-refractivity contribution is 0.100. The maximum atomic E-state index is 11.2. The van der Waals surface area contributed by atoms with Crippen LogP contribution in [0, 0.1) is 0 Å². The summed E-state index contributed by atoms with van der Waals surface area (Å²) in [6.45, 7) is 5.29. The molecule has 1 saturated heterocycles. The number of nitrogens with two attached hydrogens (primary N) is 1. The van der Waals surface area contributed by atoms with Crippen LogP contribution in [0.2, 0.25) is 0 Å². The van der Waals surface area contributed by atoms with Gasteiger partial charge in [-0.3, -0.25) is 4.79 Å². The van der Waals surface area contributed by atoms with Crippen LogP contribution >= 0.6 is 15.9 Å². The van der Waals surface area contributed by atoms with Crippen LogP contribution in [0.5, 0.6) is 0 Å². The largest absolute Gasteiger partial charge is 0.366 e. The van der Waals surface area contributed by atoms with Gasteiger partial charge in [-0.25, -0.2) is 0 Å². The van der Waals surface area contributed by atoms with Crippen LogP contribution in [0.15, 0.2) is 22.7 Å². The molecule has 0 bridgehead atoms. The summed E-state index contributed by atoms with van der Waals surface area (Å²) in [4.78, 5) is 13.6. The van der Waals surface area contributed by atoms with Gasteiger partial charge in [0.25, 0.3) is 0 Å². The smallest absolute Gasteiger partial charge is 0.248 e. The van der Waals surface area contributed by atoms with Crippen molar-refractivity contribution < 1.29 is 4.79 Å². The molecule has 1 aliphatic heterocycles. The van der Waals surface area contributed by atoms with E-state index >= 15 is 0 Å². The van der Waals surface area contributed by atoms with Crippen LogP contribution in [0.4, 0.5) is 5.69 Å². The van der Waals surface area contributed by atoms with Crippen molar-refractivity contribution in [3.8, 4) is 0 Å². The van der Waals surface area contributed by atoms with Crippen LogP contribution < -0.4 is 16.0 Å². The van der Waals surface area contributed by atoms with Gasteiger partial charge in [0.2, 0.25) is 5.91 Å². The Balaban J connectivity index is 2.28. The minimum absolute atomic E-state index is 0.392. The standard InChI is InChI=1S/C14H20BrN3O/c1-2-7-18(11-5-6-17-9-11)13-4-3-10(14(16)19)8-12(13)15/h3-4,8,11,17H,2,5-7,9H2,1H3,(H2,16,19). The lowest BCUT2D eigenvalue weighted by Crippen LogP contribution is -2.37. The molecular formula is C14H20BrN3O. The summed E-state index contributed by atoms with van der Waals surface area (Å²) in [5.74, 6) is -0.392. The minimum atomic E-state index is -0.392. The molecule has 1 unspecified atom stereocenters. The lowest BCUT2D eigenvalue weighted by Gasteiger charge is -2.31. The Morgan fingerprint density at radius 3 is 2.89 bits per heavy atom. The van der Waals surface area contributed by atoms with Crippen molar-refractivity contribution in [2.24, 2.45) is 5.73 Å². The fourth-order valence-corrected chi connectivity index (χ4v) is 3.15. The first-order valence-corrected chi connectivity index (χ1v) is 7.49. The number of amides is 1. The van der Waals surface area contributed by atoms with E-state index in [2.05, 4.69) is 33.1 Å². The summed E-state index contributed by atoms with van der Waals surface area (Å²) in [6.07, 6.45) is 2.25. The van der Waals surface area contributed by atoms with Crippen molar-refractivity contribution in [1.29, 1.82) is 0 Å². The number of nitrogens with one attached hydrogen (secondary N) is 1. The van der Waals surface area contributed by atoms with E-state index in [9.17, 15) is 4.79 Å². The summed E-state index contributed by atoms with van der Waals surface area (Å²) in [7, 11) is 0. The zero-order valence-electron chi connectivity index (χ0n) is 11.2. The van der Waals surface area contributed by atoms with Crippen molar-refractivity contribution in [2.45, 2.75) is 25.8 Å². The molecule has 0 aromatic heterocycles. The summed E-state index contributed by atoms with van der Waals surface area (Å²) < 4.78 is 0.934. The third-order valence-electron chi connectivity index (χ3n) is 3.48. The zero-order chi connectivity index (χ0) is 13.8. The van der Waals surface area contributed by atoms with Crippen LogP contribution in [-0.2, 0) is 0 Å². The molecule has 1 aromatic carbocycles. The molecule has 3 N–H and O–H groups in total. The van der Waals surface area contributed by atoms with E-state index in [1.807, 2.05) is 12.1 Å². The van der Waals surface area contributed by atoms with Gasteiger partial charge in [-0.2, -0.15) is 0 Å². The van der Waals surface area contributed by atoms with Crippen molar-refractivity contribution in [1.82, 2.24) is 5.32 Å². The Kier molecular flexibility index (Phi) is 4.82. The molecule has 1 atom stereocenters. The first kappa shape index (κ1) is 14.3. The second-order valence-electron chi connectivity index (χ2n) is 4.87. The Morgan fingerprint density at radius 2 is 2.37 bits per heavy atom. The molecule has 0 spiro atoms. The Bertz CT molecular complexity index is 458. The molecule has 1 amide bonds. The number of carbonyl (C=O) groups excluding carboxylic acids is 1. The lowest BCUT2D eigenvalue weighted by atomic mass is 10.1. The second kappa shape index (κ2) is 6.39. The Hall–Kier alpha value is -1.07. The van der Waals surface area contributed by atoms with Crippen molar-refractivity contribution in [2.75, 3.05) is 24.5 Å². The van der Waals surface area contributed by atoms with Gasteiger partial charge in [0.05, 0.1) is 5.69 Å². The maximum Gasteiger partial charge on any atom is 0.248 e. The number of hydrogen-bond acceptors (Lipinski definition) is 3. The molecular weight excluding hydrogens is 306 g/mol. The van der Waals surface area contributed by atoms with Crippen LogP contribution in [0.25, 0.3) is 0 Å². The molecule has 5 heteroatoms. The van der Waals surface area contributed by atoms with E-state index in [1.54, 1.807) is 6.07 Å². The number of hydrogen-bond donors (Lipinski definition) is 2. The van der Waals surface area contributed by atoms with Gasteiger partial charge in [0.1, 0.15) is 0 Å². The fourth-order valence-electron chi connectivity index (χ4n) is 2.54. The Morgan fingerprint density at radius 1 is 1.58 bits per heavy atom. The highest BCUT2D eigenvalue weighted by atomic mass is 79.9. The first-order chi connectivity index (χ1) is 9.13. The van der Waals surface area contributed by atoms with Crippen molar-refractivity contribution in [3.05, 3.63) is 28.2 Å². The van der Waals surface area contributed by atoms with Crippen molar-refractivity contribution in [3.63, 3.8) is 0 Å². The molecule has 0 radical (unpaired) electrons. The molecule has 1 aliphatic rings. The van der Waals surface area contributed by atoms with Gasteiger partial charge in [-0.05, 0) is 53.5 Å². The van der Waals surface area contributed by atoms with E-state index in [0.717, 1.165) is 42.6 Å². The zero-order valence-corrected chi connectivity index (χ0v) is 12.7.